The summed E-state index contributed by atoms with van der Waals surface area (Å²) in [5.41, 5.74) is 3.33. The Labute approximate surface area is 162 Å². The van der Waals surface area contributed by atoms with Crippen LogP contribution in [0.3, 0.4) is 0 Å². The highest BCUT2D eigenvalue weighted by Gasteiger charge is 2.32. The molecule has 6 nitrogen and oxygen atoms in total. The third-order valence-corrected chi connectivity index (χ3v) is 4.96. The number of aromatic amines is 1. The monoisotopic (exact) mass is 379 g/mol. The van der Waals surface area contributed by atoms with Crippen molar-refractivity contribution >= 4 is 5.91 Å². The molecule has 4 rings (SSSR count). The van der Waals surface area contributed by atoms with Crippen LogP contribution in [0.25, 0.3) is 11.5 Å². The van der Waals surface area contributed by atoms with Crippen LogP contribution in [-0.4, -0.2) is 37.3 Å². The van der Waals surface area contributed by atoms with Crippen molar-refractivity contribution < 1.29 is 9.18 Å². The number of nitrogens with zero attached hydrogens (tertiary/aromatic N) is 4. The SMILES string of the molecule is Cc1cc(-c2ncc(C)[nH]2)nc([C@@H]2CCCN2C(=O)Cc2ccc(F)cc2)n1. The number of H-pyrrole nitrogens is 1. The van der Waals surface area contributed by atoms with Gasteiger partial charge in [-0.3, -0.25) is 4.79 Å². The van der Waals surface area contributed by atoms with Crippen molar-refractivity contribution in [2.24, 2.45) is 0 Å². The number of carbonyl (C=O) groups is 1. The number of amides is 1. The molecule has 0 unspecified atom stereocenters. The van der Waals surface area contributed by atoms with Crippen molar-refractivity contribution in [2.45, 2.75) is 39.2 Å². The number of imidazole rings is 1. The van der Waals surface area contributed by atoms with Crippen molar-refractivity contribution in [1.82, 2.24) is 24.8 Å². The van der Waals surface area contributed by atoms with Gasteiger partial charge in [-0.1, -0.05) is 12.1 Å². The summed E-state index contributed by atoms with van der Waals surface area (Å²) in [6.07, 6.45) is 3.74. The lowest BCUT2D eigenvalue weighted by molar-refractivity contribution is -0.131. The molecule has 144 valence electrons. The average Bonchev–Trinajstić information content (AvgIpc) is 3.32. The Balaban J connectivity index is 1.58. The molecule has 3 aromatic rings. The Morgan fingerprint density at radius 3 is 2.75 bits per heavy atom. The van der Waals surface area contributed by atoms with Gasteiger partial charge in [-0.05, 0) is 50.5 Å². The zero-order valence-corrected chi connectivity index (χ0v) is 15.9. The topological polar surface area (TPSA) is 74.8 Å². The number of aromatic nitrogens is 4. The van der Waals surface area contributed by atoms with Crippen molar-refractivity contribution in [1.29, 1.82) is 0 Å². The first kappa shape index (κ1) is 18.3. The van der Waals surface area contributed by atoms with E-state index < -0.39 is 0 Å². The molecular formula is C21H22FN5O. The predicted molar refractivity (Wildman–Crippen MR) is 103 cm³/mol. The number of hydrogen-bond donors (Lipinski definition) is 1. The standard InChI is InChI=1S/C21H22FN5O/c1-13-10-17(20-23-12-14(2)25-20)26-21(24-13)18-4-3-9-27(18)19(28)11-15-5-7-16(22)8-6-15/h5-8,10,12,18H,3-4,9,11H2,1-2H3,(H,23,25)/t18-/m0/s1. The maximum atomic E-state index is 13.1. The van der Waals surface area contributed by atoms with Crippen LogP contribution in [0.4, 0.5) is 4.39 Å². The number of halogens is 1. The lowest BCUT2D eigenvalue weighted by Crippen LogP contribution is -2.32. The minimum absolute atomic E-state index is 0.00890. The van der Waals surface area contributed by atoms with Crippen molar-refractivity contribution in [3.63, 3.8) is 0 Å². The highest BCUT2D eigenvalue weighted by Crippen LogP contribution is 2.31. The van der Waals surface area contributed by atoms with Crippen LogP contribution in [0, 0.1) is 19.7 Å². The maximum Gasteiger partial charge on any atom is 0.227 e. The van der Waals surface area contributed by atoms with Crippen LogP contribution in [0.1, 0.15) is 41.7 Å². The molecule has 0 bridgehead atoms. The average molecular weight is 379 g/mol. The fourth-order valence-electron chi connectivity index (χ4n) is 3.62. The van der Waals surface area contributed by atoms with Crippen LogP contribution in [-0.2, 0) is 11.2 Å². The van der Waals surface area contributed by atoms with E-state index in [4.69, 9.17) is 4.98 Å². The van der Waals surface area contributed by atoms with Gasteiger partial charge in [0.2, 0.25) is 5.91 Å². The molecule has 1 amide bonds. The normalized spacial score (nSPS) is 16.5. The minimum atomic E-state index is -0.302. The van der Waals surface area contributed by atoms with Gasteiger partial charge in [-0.2, -0.15) is 0 Å². The smallest absolute Gasteiger partial charge is 0.227 e. The Kier molecular flexibility index (Phi) is 4.90. The minimum Gasteiger partial charge on any atom is -0.341 e. The van der Waals surface area contributed by atoms with E-state index >= 15 is 0 Å². The molecule has 3 heterocycles. The number of nitrogens with one attached hydrogen (secondary N) is 1. The first-order valence-corrected chi connectivity index (χ1v) is 9.41. The van der Waals surface area contributed by atoms with Crippen molar-refractivity contribution in [3.8, 4) is 11.5 Å². The zero-order valence-electron chi connectivity index (χ0n) is 15.9. The van der Waals surface area contributed by atoms with Crippen LogP contribution in [0.2, 0.25) is 0 Å². The summed E-state index contributed by atoms with van der Waals surface area (Å²) in [6, 6.07) is 7.80. The van der Waals surface area contributed by atoms with Gasteiger partial charge in [0, 0.05) is 24.1 Å². The van der Waals surface area contributed by atoms with Crippen LogP contribution in [0.15, 0.2) is 36.5 Å². The molecule has 0 radical (unpaired) electrons. The molecule has 1 fully saturated rings. The van der Waals surface area contributed by atoms with Gasteiger partial charge >= 0.3 is 0 Å². The Bertz CT molecular complexity index is 998. The van der Waals surface area contributed by atoms with Crippen LogP contribution in [0.5, 0.6) is 0 Å². The number of carbonyl (C=O) groups excluding carboxylic acids is 1. The van der Waals surface area contributed by atoms with E-state index in [0.29, 0.717) is 18.2 Å². The van der Waals surface area contributed by atoms with Gasteiger partial charge in [0.15, 0.2) is 11.6 Å². The predicted octanol–water partition coefficient (Wildman–Crippen LogP) is 3.53. The van der Waals surface area contributed by atoms with Gasteiger partial charge in [-0.15, -0.1) is 0 Å². The Hall–Kier alpha value is -3.09. The van der Waals surface area contributed by atoms with E-state index in [2.05, 4.69) is 15.0 Å². The van der Waals surface area contributed by atoms with Gasteiger partial charge in [0.25, 0.3) is 0 Å². The summed E-state index contributed by atoms with van der Waals surface area (Å²) >= 11 is 0. The van der Waals surface area contributed by atoms with Crippen molar-refractivity contribution in [3.05, 3.63) is 65.1 Å². The lowest BCUT2D eigenvalue weighted by Gasteiger charge is -2.24. The second-order valence-electron chi connectivity index (χ2n) is 7.22. The molecule has 28 heavy (non-hydrogen) atoms. The molecule has 1 aliphatic rings. The number of rotatable bonds is 4. The molecule has 1 aromatic carbocycles. The second-order valence-corrected chi connectivity index (χ2v) is 7.22. The third kappa shape index (κ3) is 3.78. The van der Waals surface area contributed by atoms with E-state index in [0.717, 1.165) is 35.5 Å². The first-order valence-electron chi connectivity index (χ1n) is 9.41. The molecule has 0 spiro atoms. The summed E-state index contributed by atoms with van der Waals surface area (Å²) in [5, 5.41) is 0. The summed E-state index contributed by atoms with van der Waals surface area (Å²) in [5.74, 6) is 1.05. The molecular weight excluding hydrogens is 357 g/mol. The van der Waals surface area contributed by atoms with Gasteiger partial charge < -0.3 is 9.88 Å². The summed E-state index contributed by atoms with van der Waals surface area (Å²) in [4.78, 5) is 31.6. The molecule has 1 N–H and O–H groups in total. The molecule has 2 aromatic heterocycles. The molecule has 1 saturated heterocycles. The summed E-state index contributed by atoms with van der Waals surface area (Å²) in [6.45, 7) is 4.54. The molecule has 7 heteroatoms. The fraction of sp³-hybridized carbons (Fsp3) is 0.333. The second kappa shape index (κ2) is 7.50. The first-order chi connectivity index (χ1) is 13.5. The van der Waals surface area contributed by atoms with Crippen molar-refractivity contribution in [2.75, 3.05) is 6.54 Å². The molecule has 0 saturated carbocycles. The van der Waals surface area contributed by atoms with Crippen LogP contribution < -0.4 is 0 Å². The number of aryl methyl sites for hydroxylation is 2. The van der Waals surface area contributed by atoms with E-state index in [1.54, 1.807) is 18.3 Å². The van der Waals surface area contributed by atoms with Gasteiger partial charge in [-0.25, -0.2) is 19.3 Å². The third-order valence-electron chi connectivity index (χ3n) is 4.96. The van der Waals surface area contributed by atoms with Crippen LogP contribution >= 0.6 is 0 Å². The number of likely N-dealkylation sites (tertiary alicyclic amines) is 1. The largest absolute Gasteiger partial charge is 0.341 e. The van der Waals surface area contributed by atoms with E-state index in [-0.39, 0.29) is 24.2 Å². The number of hydrogen-bond acceptors (Lipinski definition) is 4. The molecule has 1 atom stereocenters. The summed E-state index contributed by atoms with van der Waals surface area (Å²) in [7, 11) is 0. The quantitative estimate of drug-likeness (QED) is 0.753. The maximum absolute atomic E-state index is 13.1. The molecule has 0 aliphatic carbocycles. The number of benzene rings is 1. The highest BCUT2D eigenvalue weighted by molar-refractivity contribution is 5.79. The zero-order chi connectivity index (χ0) is 19.7. The lowest BCUT2D eigenvalue weighted by atomic mass is 10.1. The Morgan fingerprint density at radius 2 is 2.04 bits per heavy atom. The summed E-state index contributed by atoms with van der Waals surface area (Å²) < 4.78 is 13.1. The van der Waals surface area contributed by atoms with E-state index in [9.17, 15) is 9.18 Å². The van der Waals surface area contributed by atoms with Gasteiger partial charge in [0.05, 0.1) is 12.5 Å². The fourth-order valence-corrected chi connectivity index (χ4v) is 3.62. The highest BCUT2D eigenvalue weighted by atomic mass is 19.1. The Morgan fingerprint density at radius 1 is 1.25 bits per heavy atom. The van der Waals surface area contributed by atoms with E-state index in [1.807, 2.05) is 24.8 Å². The molecule has 1 aliphatic heterocycles. The van der Waals surface area contributed by atoms with Gasteiger partial charge in [0.1, 0.15) is 11.5 Å². The van der Waals surface area contributed by atoms with E-state index in [1.165, 1.54) is 12.1 Å².